The maximum absolute atomic E-state index is 13.0. The number of piperazine rings is 1. The van der Waals surface area contributed by atoms with Gasteiger partial charge in [-0.15, -0.1) is 11.3 Å². The molecule has 3 fully saturated rings. The molecule has 9 heteroatoms. The summed E-state index contributed by atoms with van der Waals surface area (Å²) in [6.07, 6.45) is 5.39. The third kappa shape index (κ3) is 4.81. The minimum atomic E-state index is 0.00275. The van der Waals surface area contributed by atoms with Crippen LogP contribution in [0.3, 0.4) is 0 Å². The van der Waals surface area contributed by atoms with Gasteiger partial charge in [0.1, 0.15) is 4.83 Å². The molecule has 2 aliphatic heterocycles. The molecule has 0 spiro atoms. The van der Waals surface area contributed by atoms with Gasteiger partial charge in [-0.3, -0.25) is 14.3 Å². The van der Waals surface area contributed by atoms with E-state index in [1.807, 2.05) is 17.9 Å². The number of nitrogens with one attached hydrogen (secondary N) is 1. The molecular weight excluding hydrogens is 438 g/mol. The van der Waals surface area contributed by atoms with Gasteiger partial charge in [-0.1, -0.05) is 0 Å². The van der Waals surface area contributed by atoms with Crippen molar-refractivity contribution in [3.05, 3.63) is 16.6 Å². The summed E-state index contributed by atoms with van der Waals surface area (Å²) in [6, 6.07) is 2.49. The highest BCUT2D eigenvalue weighted by atomic mass is 32.1. The van der Waals surface area contributed by atoms with E-state index in [1.54, 1.807) is 11.3 Å². The van der Waals surface area contributed by atoms with E-state index < -0.39 is 0 Å². The Balaban J connectivity index is 1.18. The van der Waals surface area contributed by atoms with E-state index >= 15 is 0 Å². The molecule has 2 amide bonds. The Kier molecular flexibility index (Phi) is 6.72. The van der Waals surface area contributed by atoms with E-state index in [1.165, 1.54) is 0 Å². The van der Waals surface area contributed by atoms with E-state index in [0.29, 0.717) is 11.9 Å². The van der Waals surface area contributed by atoms with E-state index in [0.717, 1.165) is 98.7 Å². The summed E-state index contributed by atoms with van der Waals surface area (Å²) < 4.78 is 7.62. The number of aryl methyl sites for hydroxylation is 1. The summed E-state index contributed by atoms with van der Waals surface area (Å²) in [6.45, 7) is 7.14. The number of carbonyl (C=O) groups is 2. The Labute approximate surface area is 199 Å². The van der Waals surface area contributed by atoms with Crippen molar-refractivity contribution in [2.24, 2.45) is 5.92 Å². The number of aromatic nitrogens is 2. The first-order valence-corrected chi connectivity index (χ1v) is 13.2. The minimum absolute atomic E-state index is 0.00275. The molecule has 180 valence electrons. The molecule has 8 nitrogen and oxygen atoms in total. The fraction of sp³-hybridized carbons (Fsp3) is 0.708. The van der Waals surface area contributed by atoms with Gasteiger partial charge in [0, 0.05) is 56.7 Å². The molecule has 3 aliphatic rings. The third-order valence-electron chi connectivity index (χ3n) is 7.56. The third-order valence-corrected chi connectivity index (χ3v) is 8.68. The van der Waals surface area contributed by atoms with Crippen LogP contribution in [0.2, 0.25) is 0 Å². The van der Waals surface area contributed by atoms with E-state index in [9.17, 15) is 9.59 Å². The van der Waals surface area contributed by atoms with Crippen LogP contribution in [0.4, 0.5) is 0 Å². The van der Waals surface area contributed by atoms with Gasteiger partial charge in [0.15, 0.2) is 0 Å². The largest absolute Gasteiger partial charge is 0.381 e. The molecule has 0 bridgehead atoms. The van der Waals surface area contributed by atoms with Gasteiger partial charge >= 0.3 is 0 Å². The molecule has 1 aliphatic carbocycles. The highest BCUT2D eigenvalue weighted by Crippen LogP contribution is 2.33. The smallest absolute Gasteiger partial charge is 0.261 e. The molecular formula is C24H35N5O3S. The summed E-state index contributed by atoms with van der Waals surface area (Å²) in [5, 5.41) is 9.08. The van der Waals surface area contributed by atoms with Crippen molar-refractivity contribution >= 4 is 33.4 Å². The maximum Gasteiger partial charge on any atom is 0.261 e. The van der Waals surface area contributed by atoms with Gasteiger partial charge in [0.05, 0.1) is 16.6 Å². The highest BCUT2D eigenvalue weighted by molar-refractivity contribution is 7.20. The molecule has 33 heavy (non-hydrogen) atoms. The maximum atomic E-state index is 13.0. The van der Waals surface area contributed by atoms with Gasteiger partial charge in [-0.2, -0.15) is 5.10 Å². The van der Waals surface area contributed by atoms with Crippen molar-refractivity contribution in [3.8, 4) is 0 Å². The normalized spacial score (nSPS) is 25.5. The lowest BCUT2D eigenvalue weighted by Crippen LogP contribution is -2.50. The molecule has 0 radical (unpaired) electrons. The molecule has 1 N–H and O–H groups in total. The van der Waals surface area contributed by atoms with Crippen molar-refractivity contribution in [2.75, 3.05) is 46.4 Å². The van der Waals surface area contributed by atoms with Gasteiger partial charge in [-0.05, 0) is 58.6 Å². The van der Waals surface area contributed by atoms with Crippen molar-refractivity contribution in [2.45, 2.75) is 57.5 Å². The summed E-state index contributed by atoms with van der Waals surface area (Å²) in [7, 11) is 2.11. The Bertz CT molecular complexity index is 995. The summed E-state index contributed by atoms with van der Waals surface area (Å²) in [5.74, 6) is 0.424. The second kappa shape index (κ2) is 9.72. The lowest BCUT2D eigenvalue weighted by molar-refractivity contribution is -0.138. The van der Waals surface area contributed by atoms with Gasteiger partial charge in [0.2, 0.25) is 5.91 Å². The van der Waals surface area contributed by atoms with Gasteiger partial charge in [-0.25, -0.2) is 0 Å². The first-order chi connectivity index (χ1) is 16.0. The van der Waals surface area contributed by atoms with Crippen LogP contribution in [0.5, 0.6) is 0 Å². The topological polar surface area (TPSA) is 79.7 Å². The molecule has 0 atom stereocenters. The predicted octanol–water partition coefficient (Wildman–Crippen LogP) is 2.82. The quantitative estimate of drug-likeness (QED) is 0.739. The Morgan fingerprint density at radius 2 is 1.76 bits per heavy atom. The predicted molar refractivity (Wildman–Crippen MR) is 129 cm³/mol. The Morgan fingerprint density at radius 3 is 2.45 bits per heavy atom. The van der Waals surface area contributed by atoms with Crippen LogP contribution in [0, 0.1) is 12.8 Å². The number of nitrogens with zero attached hydrogens (tertiary/aromatic N) is 4. The van der Waals surface area contributed by atoms with Gasteiger partial charge < -0.3 is 19.9 Å². The van der Waals surface area contributed by atoms with Gasteiger partial charge in [0.25, 0.3) is 5.91 Å². The van der Waals surface area contributed by atoms with Crippen molar-refractivity contribution in [1.82, 2.24) is 24.9 Å². The summed E-state index contributed by atoms with van der Waals surface area (Å²) in [5.41, 5.74) is 0.981. The number of hydrogen-bond acceptors (Lipinski definition) is 6. The Hall–Kier alpha value is -1.97. The van der Waals surface area contributed by atoms with E-state index in [-0.39, 0.29) is 17.9 Å². The van der Waals surface area contributed by atoms with Crippen molar-refractivity contribution in [1.29, 1.82) is 0 Å². The number of hydrogen-bond donors (Lipinski definition) is 1. The number of carbonyl (C=O) groups excluding carboxylic acids is 2. The second-order valence-electron chi connectivity index (χ2n) is 9.85. The molecule has 1 saturated carbocycles. The fourth-order valence-electron chi connectivity index (χ4n) is 5.39. The van der Waals surface area contributed by atoms with Crippen LogP contribution >= 0.6 is 11.3 Å². The number of ether oxygens (including phenoxy) is 1. The van der Waals surface area contributed by atoms with E-state index in [2.05, 4.69) is 21.9 Å². The number of fused-ring (bicyclic) bond motifs is 1. The molecule has 2 aromatic heterocycles. The first-order valence-electron chi connectivity index (χ1n) is 12.3. The zero-order chi connectivity index (χ0) is 22.9. The van der Waals surface area contributed by atoms with Crippen LogP contribution in [0.1, 0.15) is 59.9 Å². The average molecular weight is 474 g/mol. The van der Waals surface area contributed by atoms with E-state index in [4.69, 9.17) is 9.84 Å². The Morgan fingerprint density at radius 1 is 1.06 bits per heavy atom. The monoisotopic (exact) mass is 473 g/mol. The second-order valence-corrected chi connectivity index (χ2v) is 10.9. The first kappa shape index (κ1) is 22.8. The number of amides is 2. The SMILES string of the molecule is Cc1nn(C2CCOCC2)c2sc(C(=O)N[C@H]3CC[C@H](C(=O)N4CCN(C)CC4)CC3)cc12. The molecule has 0 aromatic carbocycles. The molecule has 2 saturated heterocycles. The summed E-state index contributed by atoms with van der Waals surface area (Å²) in [4.78, 5) is 32.1. The lowest BCUT2D eigenvalue weighted by atomic mass is 9.85. The average Bonchev–Trinajstić information content (AvgIpc) is 3.41. The molecule has 5 rings (SSSR count). The van der Waals surface area contributed by atoms with Crippen molar-refractivity contribution < 1.29 is 14.3 Å². The fourth-order valence-corrected chi connectivity index (χ4v) is 6.52. The van der Waals surface area contributed by atoms with Crippen LogP contribution in [0.25, 0.3) is 10.2 Å². The number of rotatable bonds is 4. The zero-order valence-electron chi connectivity index (χ0n) is 19.7. The molecule has 2 aromatic rings. The van der Waals surface area contributed by atoms with Crippen LogP contribution in [-0.4, -0.2) is 83.9 Å². The summed E-state index contributed by atoms with van der Waals surface area (Å²) >= 11 is 1.54. The number of thiophene rings is 1. The molecule has 0 unspecified atom stereocenters. The van der Waals surface area contributed by atoms with Crippen LogP contribution in [-0.2, 0) is 9.53 Å². The van der Waals surface area contributed by atoms with Crippen LogP contribution < -0.4 is 5.32 Å². The van der Waals surface area contributed by atoms with Crippen molar-refractivity contribution in [3.63, 3.8) is 0 Å². The van der Waals surface area contributed by atoms with Crippen LogP contribution in [0.15, 0.2) is 6.07 Å². The zero-order valence-corrected chi connectivity index (χ0v) is 20.5. The number of likely N-dealkylation sites (N-methyl/N-ethyl adjacent to an activating group) is 1. The molecule has 4 heterocycles. The minimum Gasteiger partial charge on any atom is -0.381 e. The standard InChI is InChI=1S/C24H35N5O3S/c1-16-20-15-21(33-24(20)29(26-16)19-7-13-32-14-8-19)22(30)25-18-5-3-17(4-6-18)23(31)28-11-9-27(2)10-12-28/h15,17-19H,3-14H2,1-2H3,(H,25,30)/t17-,18-. The lowest BCUT2D eigenvalue weighted by Gasteiger charge is -2.36. The highest BCUT2D eigenvalue weighted by Gasteiger charge is 2.31.